The molecule has 0 fully saturated rings. The van der Waals surface area contributed by atoms with Crippen molar-refractivity contribution in [1.82, 2.24) is 29.7 Å². The minimum Gasteiger partial charge on any atom is -0.261 e. The van der Waals surface area contributed by atoms with E-state index in [1.807, 2.05) is 6.92 Å². The third-order valence-electron chi connectivity index (χ3n) is 3.69. The number of anilines is 1. The van der Waals surface area contributed by atoms with Crippen LogP contribution in [0.25, 0.3) is 21.6 Å². The summed E-state index contributed by atoms with van der Waals surface area (Å²) < 4.78 is 29.4. The van der Waals surface area contributed by atoms with Crippen LogP contribution in [0.5, 0.6) is 0 Å². The first kappa shape index (κ1) is 16.5. The topological polar surface area (TPSA) is 116 Å². The van der Waals surface area contributed by atoms with Crippen LogP contribution in [0, 0.1) is 6.92 Å². The van der Waals surface area contributed by atoms with Crippen LogP contribution in [0.3, 0.4) is 0 Å². The highest BCUT2D eigenvalue weighted by Crippen LogP contribution is 2.29. The zero-order valence-corrected chi connectivity index (χ0v) is 15.4. The number of thiazole rings is 1. The molecule has 4 rings (SSSR count). The average Bonchev–Trinajstić information content (AvgIpc) is 3.20. The number of nitrogens with one attached hydrogen (secondary N) is 1. The highest BCUT2D eigenvalue weighted by atomic mass is 32.2. The molecule has 1 N–H and O–H groups in total. The van der Waals surface area contributed by atoms with Crippen molar-refractivity contribution in [3.05, 3.63) is 42.7 Å². The van der Waals surface area contributed by atoms with Crippen LogP contribution in [0.4, 0.5) is 5.13 Å². The Morgan fingerprint density at radius 1 is 1.12 bits per heavy atom. The predicted octanol–water partition coefficient (Wildman–Crippen LogP) is 1.99. The molecule has 0 bridgehead atoms. The summed E-state index contributed by atoms with van der Waals surface area (Å²) in [5.74, 6) is 0. The highest BCUT2D eigenvalue weighted by Gasteiger charge is 2.19. The van der Waals surface area contributed by atoms with Crippen molar-refractivity contribution < 1.29 is 8.42 Å². The fourth-order valence-electron chi connectivity index (χ4n) is 2.48. The van der Waals surface area contributed by atoms with Gasteiger partial charge < -0.3 is 0 Å². The number of rotatable bonds is 4. The number of aromatic nitrogens is 6. The standard InChI is InChI=1S/C15H13N7O2S2/c1-9-11-5-10(6-18-14(11)22(2)20-9)26(23,24)21-15-19-8-13(25-15)12-7-16-3-4-17-12/h3-8H,1-2H3,(H,19,21). The molecule has 4 heterocycles. The molecule has 4 aromatic heterocycles. The Kier molecular flexibility index (Phi) is 3.89. The summed E-state index contributed by atoms with van der Waals surface area (Å²) in [6, 6.07) is 1.56. The molecule has 0 saturated carbocycles. The van der Waals surface area contributed by atoms with Crippen molar-refractivity contribution in [2.24, 2.45) is 7.05 Å². The molecule has 0 aliphatic heterocycles. The van der Waals surface area contributed by atoms with Crippen molar-refractivity contribution in [3.63, 3.8) is 0 Å². The van der Waals surface area contributed by atoms with Gasteiger partial charge in [0.15, 0.2) is 10.8 Å². The summed E-state index contributed by atoms with van der Waals surface area (Å²) in [4.78, 5) is 17.3. The zero-order valence-electron chi connectivity index (χ0n) is 13.8. The molecular weight excluding hydrogens is 374 g/mol. The van der Waals surface area contributed by atoms with E-state index in [-0.39, 0.29) is 10.0 Å². The van der Waals surface area contributed by atoms with Crippen molar-refractivity contribution in [3.8, 4) is 10.6 Å². The lowest BCUT2D eigenvalue weighted by atomic mass is 10.3. The van der Waals surface area contributed by atoms with E-state index in [1.54, 1.807) is 42.6 Å². The van der Waals surface area contributed by atoms with E-state index in [0.29, 0.717) is 27.3 Å². The number of aryl methyl sites for hydroxylation is 2. The Balaban J connectivity index is 1.66. The first-order valence-electron chi connectivity index (χ1n) is 7.48. The van der Waals surface area contributed by atoms with E-state index in [4.69, 9.17) is 0 Å². The summed E-state index contributed by atoms with van der Waals surface area (Å²) in [6.07, 6.45) is 7.59. The number of hydrogen-bond acceptors (Lipinski definition) is 8. The van der Waals surface area contributed by atoms with E-state index in [0.717, 1.165) is 0 Å². The van der Waals surface area contributed by atoms with Gasteiger partial charge in [-0.1, -0.05) is 11.3 Å². The first-order valence-corrected chi connectivity index (χ1v) is 9.78. The van der Waals surface area contributed by atoms with Gasteiger partial charge in [-0.15, -0.1) is 0 Å². The smallest absolute Gasteiger partial charge is 0.261 e. The molecule has 0 radical (unpaired) electrons. The summed E-state index contributed by atoms with van der Waals surface area (Å²) >= 11 is 1.18. The summed E-state index contributed by atoms with van der Waals surface area (Å²) in [5, 5.41) is 5.18. The Labute approximate surface area is 152 Å². The lowest BCUT2D eigenvalue weighted by Crippen LogP contribution is -2.13. The van der Waals surface area contributed by atoms with Crippen LogP contribution in [-0.2, 0) is 17.1 Å². The van der Waals surface area contributed by atoms with Gasteiger partial charge >= 0.3 is 0 Å². The third kappa shape index (κ3) is 2.91. The summed E-state index contributed by atoms with van der Waals surface area (Å²) in [6.45, 7) is 1.81. The van der Waals surface area contributed by atoms with Crippen LogP contribution < -0.4 is 4.72 Å². The van der Waals surface area contributed by atoms with Crippen molar-refractivity contribution >= 4 is 37.5 Å². The minimum absolute atomic E-state index is 0.0531. The Bertz CT molecular complexity index is 1200. The molecule has 0 spiro atoms. The molecule has 0 aromatic carbocycles. The lowest BCUT2D eigenvalue weighted by molar-refractivity contribution is 0.601. The van der Waals surface area contributed by atoms with Gasteiger partial charge in [0.25, 0.3) is 10.0 Å². The average molecular weight is 387 g/mol. The molecule has 26 heavy (non-hydrogen) atoms. The third-order valence-corrected chi connectivity index (χ3v) is 6.06. The second kappa shape index (κ2) is 6.11. The van der Waals surface area contributed by atoms with Crippen LogP contribution in [-0.4, -0.2) is 38.1 Å². The van der Waals surface area contributed by atoms with Gasteiger partial charge in [-0.3, -0.25) is 19.4 Å². The molecular formula is C15H13N7O2S2. The molecule has 11 heteroatoms. The quantitative estimate of drug-likeness (QED) is 0.569. The number of sulfonamides is 1. The number of pyridine rings is 1. The van der Waals surface area contributed by atoms with Crippen molar-refractivity contribution in [2.45, 2.75) is 11.8 Å². The van der Waals surface area contributed by atoms with Gasteiger partial charge in [-0.25, -0.2) is 18.4 Å². The number of fused-ring (bicyclic) bond motifs is 1. The maximum Gasteiger partial charge on any atom is 0.265 e. The van der Waals surface area contributed by atoms with Crippen molar-refractivity contribution in [2.75, 3.05) is 4.72 Å². The molecule has 0 unspecified atom stereocenters. The summed E-state index contributed by atoms with van der Waals surface area (Å²) in [5.41, 5.74) is 1.97. The zero-order chi connectivity index (χ0) is 18.3. The molecule has 4 aromatic rings. The van der Waals surface area contributed by atoms with Gasteiger partial charge in [0.1, 0.15) is 10.6 Å². The van der Waals surface area contributed by atoms with Gasteiger partial charge in [0.05, 0.1) is 16.8 Å². The predicted molar refractivity (Wildman–Crippen MR) is 97.2 cm³/mol. The Hall–Kier alpha value is -2.92. The second-order valence-corrected chi connectivity index (χ2v) is 8.19. The largest absolute Gasteiger partial charge is 0.265 e. The maximum atomic E-state index is 12.7. The van der Waals surface area contributed by atoms with E-state index >= 15 is 0 Å². The van der Waals surface area contributed by atoms with E-state index in [2.05, 4.69) is 29.8 Å². The SMILES string of the molecule is Cc1nn(C)c2ncc(S(=O)(=O)Nc3ncc(-c4cnccn4)s3)cc12. The Morgan fingerprint density at radius 2 is 1.96 bits per heavy atom. The second-order valence-electron chi connectivity index (χ2n) is 5.48. The van der Waals surface area contributed by atoms with E-state index in [1.165, 1.54) is 17.5 Å². The fraction of sp³-hybridized carbons (Fsp3) is 0.133. The lowest BCUT2D eigenvalue weighted by Gasteiger charge is -2.05. The van der Waals surface area contributed by atoms with Gasteiger partial charge in [0, 0.05) is 37.2 Å². The first-order chi connectivity index (χ1) is 12.4. The van der Waals surface area contributed by atoms with Gasteiger partial charge in [0.2, 0.25) is 0 Å². The van der Waals surface area contributed by atoms with Crippen LogP contribution in [0.15, 0.2) is 41.9 Å². The Morgan fingerprint density at radius 3 is 2.73 bits per heavy atom. The molecule has 132 valence electrons. The van der Waals surface area contributed by atoms with Gasteiger partial charge in [-0.05, 0) is 13.0 Å². The molecule has 0 amide bonds. The van der Waals surface area contributed by atoms with E-state index in [9.17, 15) is 8.42 Å². The van der Waals surface area contributed by atoms with Crippen LogP contribution in [0.2, 0.25) is 0 Å². The van der Waals surface area contributed by atoms with E-state index < -0.39 is 10.0 Å². The number of nitrogens with zero attached hydrogens (tertiary/aromatic N) is 6. The van der Waals surface area contributed by atoms with Crippen LogP contribution >= 0.6 is 11.3 Å². The molecule has 9 nitrogen and oxygen atoms in total. The highest BCUT2D eigenvalue weighted by molar-refractivity contribution is 7.93. The molecule has 0 aliphatic rings. The normalized spacial score (nSPS) is 11.8. The van der Waals surface area contributed by atoms with Gasteiger partial charge in [-0.2, -0.15) is 5.10 Å². The number of hydrogen-bond donors (Lipinski definition) is 1. The molecule has 0 saturated heterocycles. The minimum atomic E-state index is -3.82. The van der Waals surface area contributed by atoms with Crippen molar-refractivity contribution in [1.29, 1.82) is 0 Å². The monoisotopic (exact) mass is 387 g/mol. The molecule has 0 aliphatic carbocycles. The fourth-order valence-corrected chi connectivity index (χ4v) is 4.47. The maximum absolute atomic E-state index is 12.7. The van der Waals surface area contributed by atoms with Crippen LogP contribution in [0.1, 0.15) is 5.69 Å². The summed E-state index contributed by atoms with van der Waals surface area (Å²) in [7, 11) is -2.06. The molecule has 0 atom stereocenters.